The molecule has 0 aliphatic heterocycles. The summed E-state index contributed by atoms with van der Waals surface area (Å²) in [5.41, 5.74) is 5.18. The molecule has 0 aliphatic carbocycles. The van der Waals surface area contributed by atoms with E-state index in [0.29, 0.717) is 6.61 Å². The van der Waals surface area contributed by atoms with Crippen molar-refractivity contribution in [3.05, 3.63) is 52.6 Å². The van der Waals surface area contributed by atoms with E-state index in [9.17, 15) is 0 Å². The van der Waals surface area contributed by atoms with Crippen LogP contribution in [0.3, 0.4) is 0 Å². The maximum absolute atomic E-state index is 5.14. The van der Waals surface area contributed by atoms with Gasteiger partial charge in [0.05, 0.1) is 6.61 Å². The van der Waals surface area contributed by atoms with E-state index in [4.69, 9.17) is 4.74 Å². The van der Waals surface area contributed by atoms with Crippen LogP contribution in [-0.2, 0) is 11.3 Å². The second-order valence-electron chi connectivity index (χ2n) is 4.20. The van der Waals surface area contributed by atoms with E-state index < -0.39 is 0 Å². The van der Waals surface area contributed by atoms with Crippen LogP contribution in [0.25, 0.3) is 6.08 Å². The molecule has 1 rings (SSSR count). The first-order chi connectivity index (χ1) is 8.21. The Bertz CT molecular complexity index is 414. The number of benzene rings is 1. The average molecular weight is 230 g/mol. The van der Waals surface area contributed by atoms with Crippen LogP contribution in [0.4, 0.5) is 0 Å². The molecule has 1 aromatic rings. The Morgan fingerprint density at radius 3 is 2.65 bits per heavy atom. The quantitative estimate of drug-likeness (QED) is 0.676. The van der Waals surface area contributed by atoms with Gasteiger partial charge in [0.1, 0.15) is 0 Å². The molecule has 0 unspecified atom stereocenters. The second-order valence-corrected chi connectivity index (χ2v) is 4.20. The van der Waals surface area contributed by atoms with E-state index in [-0.39, 0.29) is 0 Å². The van der Waals surface area contributed by atoms with Gasteiger partial charge in [0, 0.05) is 7.11 Å². The molecule has 0 saturated heterocycles. The fourth-order valence-corrected chi connectivity index (χ4v) is 1.84. The highest BCUT2D eigenvalue weighted by Crippen LogP contribution is 2.17. The lowest BCUT2D eigenvalue weighted by Gasteiger charge is -2.06. The smallest absolute Gasteiger partial charge is 0.0713 e. The summed E-state index contributed by atoms with van der Waals surface area (Å²) in [7, 11) is 1.73. The summed E-state index contributed by atoms with van der Waals surface area (Å²) in [6.45, 7) is 7.06. The minimum atomic E-state index is 0.681. The van der Waals surface area contributed by atoms with Crippen molar-refractivity contribution in [1.82, 2.24) is 0 Å². The molecule has 0 N–H and O–H groups in total. The number of hydrogen-bond acceptors (Lipinski definition) is 1. The fourth-order valence-electron chi connectivity index (χ4n) is 1.84. The van der Waals surface area contributed by atoms with Crippen molar-refractivity contribution in [1.29, 1.82) is 0 Å². The van der Waals surface area contributed by atoms with E-state index >= 15 is 0 Å². The zero-order chi connectivity index (χ0) is 12.7. The monoisotopic (exact) mass is 230 g/mol. The predicted octanol–water partition coefficient (Wildman–Crippen LogP) is 4.51. The van der Waals surface area contributed by atoms with Crippen molar-refractivity contribution in [3.63, 3.8) is 0 Å². The number of allylic oxidation sites excluding steroid dienone is 3. The van der Waals surface area contributed by atoms with Crippen LogP contribution in [0.1, 0.15) is 37.0 Å². The minimum Gasteiger partial charge on any atom is -0.380 e. The first-order valence-corrected chi connectivity index (χ1v) is 6.13. The molecule has 0 heterocycles. The first-order valence-electron chi connectivity index (χ1n) is 6.13. The van der Waals surface area contributed by atoms with E-state index in [1.807, 2.05) is 0 Å². The van der Waals surface area contributed by atoms with Crippen LogP contribution in [0, 0.1) is 6.92 Å². The lowest BCUT2D eigenvalue weighted by atomic mass is 10.0. The lowest BCUT2D eigenvalue weighted by molar-refractivity contribution is 0.185. The molecule has 1 aromatic carbocycles. The van der Waals surface area contributed by atoms with Crippen molar-refractivity contribution in [3.8, 4) is 0 Å². The Morgan fingerprint density at radius 1 is 1.35 bits per heavy atom. The highest BCUT2D eigenvalue weighted by Gasteiger charge is 1.99. The molecule has 0 fully saturated rings. The average Bonchev–Trinajstić information content (AvgIpc) is 2.32. The minimum absolute atomic E-state index is 0.681. The molecule has 0 aliphatic rings. The van der Waals surface area contributed by atoms with Gasteiger partial charge in [-0.05, 0) is 42.5 Å². The van der Waals surface area contributed by atoms with Gasteiger partial charge in [0.15, 0.2) is 0 Å². The van der Waals surface area contributed by atoms with Crippen LogP contribution < -0.4 is 0 Å². The van der Waals surface area contributed by atoms with E-state index in [2.05, 4.69) is 57.2 Å². The highest BCUT2D eigenvalue weighted by molar-refractivity contribution is 5.59. The highest BCUT2D eigenvalue weighted by atomic mass is 16.5. The van der Waals surface area contributed by atoms with Gasteiger partial charge in [-0.2, -0.15) is 0 Å². The van der Waals surface area contributed by atoms with Crippen molar-refractivity contribution in [2.45, 2.75) is 33.8 Å². The lowest BCUT2D eigenvalue weighted by Crippen LogP contribution is -1.90. The van der Waals surface area contributed by atoms with E-state index in [1.54, 1.807) is 7.11 Å². The molecular formula is C16H22O. The van der Waals surface area contributed by atoms with Crippen molar-refractivity contribution < 1.29 is 4.74 Å². The largest absolute Gasteiger partial charge is 0.380 e. The zero-order valence-corrected chi connectivity index (χ0v) is 11.3. The number of ether oxygens (including phenoxy) is 1. The molecular weight excluding hydrogens is 208 g/mol. The van der Waals surface area contributed by atoms with Gasteiger partial charge in [-0.3, -0.25) is 0 Å². The van der Waals surface area contributed by atoms with Gasteiger partial charge >= 0.3 is 0 Å². The molecule has 0 bridgehead atoms. The maximum atomic E-state index is 5.14. The van der Waals surface area contributed by atoms with Gasteiger partial charge in [0.25, 0.3) is 0 Å². The molecule has 0 radical (unpaired) electrons. The van der Waals surface area contributed by atoms with Gasteiger partial charge in [-0.15, -0.1) is 0 Å². The third-order valence-corrected chi connectivity index (χ3v) is 2.78. The zero-order valence-electron chi connectivity index (χ0n) is 11.3. The number of hydrogen-bond donors (Lipinski definition) is 0. The topological polar surface area (TPSA) is 9.23 Å². The molecule has 1 nitrogen and oxygen atoms in total. The predicted molar refractivity (Wildman–Crippen MR) is 75.0 cm³/mol. The summed E-state index contributed by atoms with van der Waals surface area (Å²) < 4.78 is 5.14. The van der Waals surface area contributed by atoms with Gasteiger partial charge in [-0.25, -0.2) is 0 Å². The summed E-state index contributed by atoms with van der Waals surface area (Å²) in [6.07, 6.45) is 7.57. The van der Waals surface area contributed by atoms with Crippen LogP contribution >= 0.6 is 0 Å². The Hall–Kier alpha value is -1.34. The molecule has 0 spiro atoms. The van der Waals surface area contributed by atoms with Crippen molar-refractivity contribution in [2.75, 3.05) is 7.11 Å². The summed E-state index contributed by atoms with van der Waals surface area (Å²) in [4.78, 5) is 0. The Kier molecular flexibility index (Phi) is 5.71. The van der Waals surface area contributed by atoms with Crippen molar-refractivity contribution in [2.24, 2.45) is 0 Å². The fraction of sp³-hybridized carbons (Fsp3) is 0.375. The maximum Gasteiger partial charge on any atom is 0.0713 e. The van der Waals surface area contributed by atoms with Crippen LogP contribution in [0.15, 0.2) is 35.9 Å². The third kappa shape index (κ3) is 4.20. The SMILES string of the molecule is C/C=C\C(=C/c1ccc(COC)cc1C)CC. The summed E-state index contributed by atoms with van der Waals surface area (Å²) >= 11 is 0. The van der Waals surface area contributed by atoms with Gasteiger partial charge in [-0.1, -0.05) is 43.4 Å². The molecule has 17 heavy (non-hydrogen) atoms. The normalized spacial score (nSPS) is 12.4. The molecule has 0 saturated carbocycles. The standard InChI is InChI=1S/C16H22O/c1-5-7-14(6-2)11-16-9-8-15(12-17-4)10-13(16)3/h5,7-11H,6,12H2,1-4H3/b7-5-,14-11-. The number of methoxy groups -OCH3 is 1. The molecule has 0 amide bonds. The number of aryl methyl sites for hydroxylation is 1. The second kappa shape index (κ2) is 7.08. The Labute approximate surface area is 105 Å². The molecule has 0 atom stereocenters. The Morgan fingerprint density at radius 2 is 2.12 bits per heavy atom. The number of rotatable bonds is 5. The van der Waals surface area contributed by atoms with Gasteiger partial charge < -0.3 is 4.74 Å². The first kappa shape index (κ1) is 13.7. The molecule has 1 heteroatoms. The van der Waals surface area contributed by atoms with Crippen LogP contribution in [0.5, 0.6) is 0 Å². The molecule has 92 valence electrons. The summed E-state index contributed by atoms with van der Waals surface area (Å²) in [6, 6.07) is 6.49. The van der Waals surface area contributed by atoms with Crippen LogP contribution in [0.2, 0.25) is 0 Å². The van der Waals surface area contributed by atoms with Gasteiger partial charge in [0.2, 0.25) is 0 Å². The summed E-state index contributed by atoms with van der Waals surface area (Å²) in [5, 5.41) is 0. The Balaban J connectivity index is 2.99. The third-order valence-electron chi connectivity index (χ3n) is 2.78. The molecule has 0 aromatic heterocycles. The van der Waals surface area contributed by atoms with Crippen LogP contribution in [-0.4, -0.2) is 7.11 Å². The van der Waals surface area contributed by atoms with E-state index in [1.165, 1.54) is 22.3 Å². The van der Waals surface area contributed by atoms with E-state index in [0.717, 1.165) is 6.42 Å². The van der Waals surface area contributed by atoms with Crippen molar-refractivity contribution >= 4 is 6.08 Å². The summed E-state index contributed by atoms with van der Waals surface area (Å²) in [5.74, 6) is 0.